The molecule has 0 spiro atoms. The Morgan fingerprint density at radius 2 is 2.11 bits per heavy atom. The fourth-order valence-corrected chi connectivity index (χ4v) is 3.15. The van der Waals surface area contributed by atoms with Crippen molar-refractivity contribution in [2.24, 2.45) is 18.9 Å². The van der Waals surface area contributed by atoms with E-state index >= 15 is 0 Å². The first-order valence-corrected chi connectivity index (χ1v) is 7.70. The fourth-order valence-electron chi connectivity index (χ4n) is 3.15. The molecule has 1 aromatic rings. The molecule has 0 saturated heterocycles. The van der Waals surface area contributed by atoms with Gasteiger partial charge in [-0.1, -0.05) is 26.2 Å². The van der Waals surface area contributed by atoms with Crippen LogP contribution in [0.15, 0.2) is 12.3 Å². The smallest absolute Gasteiger partial charge is 0.141 e. The highest BCUT2D eigenvalue weighted by Crippen LogP contribution is 2.32. The second-order valence-electron chi connectivity index (χ2n) is 5.98. The highest BCUT2D eigenvalue weighted by Gasteiger charge is 2.26. The molecule has 3 heteroatoms. The lowest BCUT2D eigenvalue weighted by molar-refractivity contribution is -0.123. The number of hydrogen-bond donors (Lipinski definition) is 0. The van der Waals surface area contributed by atoms with E-state index in [1.54, 1.807) is 4.68 Å². The summed E-state index contributed by atoms with van der Waals surface area (Å²) < 4.78 is 1.77. The Bertz CT molecular complexity index is 403. The number of aromatic nitrogens is 2. The number of ketones is 1. The van der Waals surface area contributed by atoms with Crippen LogP contribution in [0.1, 0.15) is 57.6 Å². The maximum atomic E-state index is 12.2. The van der Waals surface area contributed by atoms with Crippen LogP contribution in [-0.2, 0) is 18.3 Å². The predicted octanol–water partition coefficient (Wildman–Crippen LogP) is 3.53. The topological polar surface area (TPSA) is 34.9 Å². The summed E-state index contributed by atoms with van der Waals surface area (Å²) in [6, 6.07) is 1.95. The number of carbonyl (C=O) groups is 1. The fraction of sp³-hybridized carbons (Fsp3) is 0.750. The van der Waals surface area contributed by atoms with Crippen molar-refractivity contribution in [1.29, 1.82) is 0 Å². The molecule has 0 atom stereocenters. The van der Waals surface area contributed by atoms with Gasteiger partial charge >= 0.3 is 0 Å². The Hall–Kier alpha value is -1.12. The van der Waals surface area contributed by atoms with Gasteiger partial charge in [-0.05, 0) is 37.7 Å². The summed E-state index contributed by atoms with van der Waals surface area (Å²) in [6.45, 7) is 2.25. The summed E-state index contributed by atoms with van der Waals surface area (Å²) in [4.78, 5) is 12.2. The minimum Gasteiger partial charge on any atom is -0.299 e. The molecule has 1 aliphatic carbocycles. The first kappa shape index (κ1) is 14.3. The first-order valence-electron chi connectivity index (χ1n) is 7.70. The summed E-state index contributed by atoms with van der Waals surface area (Å²) in [5.74, 6) is 1.56. The normalized spacial score (nSPS) is 23.5. The van der Waals surface area contributed by atoms with Crippen LogP contribution in [0, 0.1) is 11.8 Å². The van der Waals surface area contributed by atoms with Gasteiger partial charge in [0.15, 0.2) is 0 Å². The predicted molar refractivity (Wildman–Crippen MR) is 76.9 cm³/mol. The third kappa shape index (κ3) is 4.19. The second-order valence-corrected chi connectivity index (χ2v) is 5.98. The van der Waals surface area contributed by atoms with Crippen LogP contribution in [0.25, 0.3) is 0 Å². The molecule has 0 radical (unpaired) electrons. The molecule has 0 aromatic carbocycles. The Kier molecular flexibility index (Phi) is 5.17. The second kappa shape index (κ2) is 6.88. The van der Waals surface area contributed by atoms with Crippen molar-refractivity contribution in [1.82, 2.24) is 9.78 Å². The summed E-state index contributed by atoms with van der Waals surface area (Å²) >= 11 is 0. The van der Waals surface area contributed by atoms with Gasteiger partial charge in [-0.15, -0.1) is 0 Å². The van der Waals surface area contributed by atoms with E-state index in [0.29, 0.717) is 18.1 Å². The highest BCUT2D eigenvalue weighted by molar-refractivity contribution is 5.82. The molecule has 0 amide bonds. The number of aryl methyl sites for hydroxylation is 1. The molecular weight excluding hydrogens is 236 g/mol. The van der Waals surface area contributed by atoms with Gasteiger partial charge in [0.05, 0.1) is 12.1 Å². The van der Waals surface area contributed by atoms with E-state index < -0.39 is 0 Å². The Balaban J connectivity index is 1.76. The van der Waals surface area contributed by atoms with E-state index in [1.165, 1.54) is 32.1 Å². The van der Waals surface area contributed by atoms with Crippen molar-refractivity contribution in [2.75, 3.05) is 0 Å². The maximum absolute atomic E-state index is 12.2. The molecular formula is C16H26N2O. The zero-order valence-corrected chi connectivity index (χ0v) is 12.3. The first-order chi connectivity index (χ1) is 9.19. The van der Waals surface area contributed by atoms with Crippen LogP contribution in [0.4, 0.5) is 0 Å². The maximum Gasteiger partial charge on any atom is 0.141 e. The lowest BCUT2D eigenvalue weighted by Crippen LogP contribution is -2.23. The number of hydrogen-bond acceptors (Lipinski definition) is 2. The molecule has 19 heavy (non-hydrogen) atoms. The van der Waals surface area contributed by atoms with Gasteiger partial charge in [-0.2, -0.15) is 5.10 Å². The molecule has 2 rings (SSSR count). The third-order valence-electron chi connectivity index (χ3n) is 4.39. The molecule has 1 heterocycles. The minimum atomic E-state index is 0.292. The van der Waals surface area contributed by atoms with Crippen molar-refractivity contribution in [3.8, 4) is 0 Å². The van der Waals surface area contributed by atoms with E-state index in [2.05, 4.69) is 12.0 Å². The Labute approximate surface area is 116 Å². The summed E-state index contributed by atoms with van der Waals surface area (Å²) in [7, 11) is 1.90. The molecule has 1 aliphatic rings. The minimum absolute atomic E-state index is 0.292. The van der Waals surface area contributed by atoms with Crippen LogP contribution < -0.4 is 0 Å². The zero-order chi connectivity index (χ0) is 13.7. The number of Topliss-reactive ketones (excluding diaryl/α,β-unsaturated/α-hetero) is 1. The summed E-state index contributed by atoms with van der Waals surface area (Å²) in [5.41, 5.74) is 0.917. The van der Waals surface area contributed by atoms with Crippen LogP contribution in [0.5, 0.6) is 0 Å². The standard InChI is InChI=1S/C16H26N2O/c1-3-4-5-13-6-8-14(9-7-13)16(19)12-15-10-11-18(2)17-15/h10-11,13-14H,3-9,12H2,1-2H3. The lowest BCUT2D eigenvalue weighted by atomic mass is 9.77. The van der Waals surface area contributed by atoms with Crippen molar-refractivity contribution >= 4 is 5.78 Å². The van der Waals surface area contributed by atoms with E-state index in [9.17, 15) is 4.79 Å². The van der Waals surface area contributed by atoms with Gasteiger partial charge in [-0.25, -0.2) is 0 Å². The molecule has 1 saturated carbocycles. The number of carbonyl (C=O) groups excluding carboxylic acids is 1. The molecule has 3 nitrogen and oxygen atoms in total. The van der Waals surface area contributed by atoms with Crippen LogP contribution in [-0.4, -0.2) is 15.6 Å². The van der Waals surface area contributed by atoms with Gasteiger partial charge in [0.2, 0.25) is 0 Å². The van der Waals surface area contributed by atoms with E-state index in [4.69, 9.17) is 0 Å². The molecule has 0 bridgehead atoms. The van der Waals surface area contributed by atoms with Crippen LogP contribution >= 0.6 is 0 Å². The molecule has 0 aliphatic heterocycles. The average Bonchev–Trinajstić information content (AvgIpc) is 2.82. The molecule has 0 unspecified atom stereocenters. The van der Waals surface area contributed by atoms with Gasteiger partial charge in [0.1, 0.15) is 5.78 Å². The largest absolute Gasteiger partial charge is 0.299 e. The zero-order valence-electron chi connectivity index (χ0n) is 12.3. The highest BCUT2D eigenvalue weighted by atomic mass is 16.1. The number of nitrogens with zero attached hydrogens (tertiary/aromatic N) is 2. The molecule has 1 fully saturated rings. The van der Waals surface area contributed by atoms with E-state index in [1.807, 2.05) is 19.3 Å². The molecule has 0 N–H and O–H groups in total. The van der Waals surface area contributed by atoms with Crippen molar-refractivity contribution < 1.29 is 4.79 Å². The third-order valence-corrected chi connectivity index (χ3v) is 4.39. The summed E-state index contributed by atoms with van der Waals surface area (Å²) in [6.07, 6.45) is 11.1. The molecule has 106 valence electrons. The van der Waals surface area contributed by atoms with Gasteiger partial charge in [-0.3, -0.25) is 9.48 Å². The number of unbranched alkanes of at least 4 members (excludes halogenated alkanes) is 1. The van der Waals surface area contributed by atoms with Crippen LogP contribution in [0.3, 0.4) is 0 Å². The average molecular weight is 262 g/mol. The van der Waals surface area contributed by atoms with E-state index in [0.717, 1.165) is 24.5 Å². The van der Waals surface area contributed by atoms with Gasteiger partial charge in [0, 0.05) is 19.2 Å². The lowest BCUT2D eigenvalue weighted by Gasteiger charge is -2.27. The van der Waals surface area contributed by atoms with Crippen molar-refractivity contribution in [3.05, 3.63) is 18.0 Å². The van der Waals surface area contributed by atoms with Crippen molar-refractivity contribution in [3.63, 3.8) is 0 Å². The quantitative estimate of drug-likeness (QED) is 0.786. The van der Waals surface area contributed by atoms with Gasteiger partial charge in [0.25, 0.3) is 0 Å². The Morgan fingerprint density at radius 1 is 1.37 bits per heavy atom. The van der Waals surface area contributed by atoms with Crippen molar-refractivity contribution in [2.45, 2.75) is 58.3 Å². The van der Waals surface area contributed by atoms with E-state index in [-0.39, 0.29) is 0 Å². The molecule has 1 aromatic heterocycles. The monoisotopic (exact) mass is 262 g/mol. The Morgan fingerprint density at radius 3 is 2.68 bits per heavy atom. The summed E-state index contributed by atoms with van der Waals surface area (Å²) in [5, 5.41) is 4.30. The number of rotatable bonds is 6. The van der Waals surface area contributed by atoms with Gasteiger partial charge < -0.3 is 0 Å². The SMILES string of the molecule is CCCCC1CCC(C(=O)Cc2ccn(C)n2)CC1. The van der Waals surface area contributed by atoms with Crippen LogP contribution in [0.2, 0.25) is 0 Å².